The fourth-order valence-electron chi connectivity index (χ4n) is 2.70. The van der Waals surface area contributed by atoms with Crippen molar-refractivity contribution in [1.82, 2.24) is 14.4 Å². The van der Waals surface area contributed by atoms with E-state index < -0.39 is 0 Å². The molecule has 5 nitrogen and oxygen atoms in total. The monoisotopic (exact) mass is 333 g/mol. The molecule has 0 aliphatic carbocycles. The molecule has 1 amide bonds. The average Bonchev–Trinajstić information content (AvgIpc) is 2.76. The standard InChI is InChI=1S/C14H21Cl2N3O2/c1-3-10(9-20)18-4-6-19(7-5-18)14(21)12-8-11(15)13(16)17(12)2/h8,10,20H,3-7,9H2,1-2H3. The number of carbonyl (C=O) groups excluding carboxylic acids is 1. The minimum Gasteiger partial charge on any atom is -0.395 e. The van der Waals surface area contributed by atoms with Crippen LogP contribution < -0.4 is 0 Å². The van der Waals surface area contributed by atoms with Gasteiger partial charge in [0.15, 0.2) is 0 Å². The zero-order valence-corrected chi connectivity index (χ0v) is 13.9. The van der Waals surface area contributed by atoms with Gasteiger partial charge in [-0.25, -0.2) is 0 Å². The summed E-state index contributed by atoms with van der Waals surface area (Å²) >= 11 is 12.0. The van der Waals surface area contributed by atoms with Gasteiger partial charge in [-0.15, -0.1) is 0 Å². The Labute approximate surface area is 135 Å². The SMILES string of the molecule is CCC(CO)N1CCN(C(=O)c2cc(Cl)c(Cl)n2C)CC1. The summed E-state index contributed by atoms with van der Waals surface area (Å²) in [5.41, 5.74) is 0.507. The van der Waals surface area contributed by atoms with Gasteiger partial charge in [0, 0.05) is 39.3 Å². The van der Waals surface area contributed by atoms with E-state index in [2.05, 4.69) is 11.8 Å². The Kier molecular flexibility index (Phi) is 5.54. The Morgan fingerprint density at radius 3 is 2.38 bits per heavy atom. The first-order valence-corrected chi connectivity index (χ1v) is 7.90. The third-order valence-corrected chi connectivity index (χ3v) is 4.98. The van der Waals surface area contributed by atoms with E-state index in [-0.39, 0.29) is 18.6 Å². The Morgan fingerprint density at radius 2 is 1.95 bits per heavy atom. The topological polar surface area (TPSA) is 48.7 Å². The first-order valence-electron chi connectivity index (χ1n) is 7.14. The largest absolute Gasteiger partial charge is 0.395 e. The summed E-state index contributed by atoms with van der Waals surface area (Å²) in [7, 11) is 1.73. The van der Waals surface area contributed by atoms with Gasteiger partial charge in [0.2, 0.25) is 0 Å². The van der Waals surface area contributed by atoms with Crippen molar-refractivity contribution < 1.29 is 9.90 Å². The van der Waals surface area contributed by atoms with Gasteiger partial charge in [-0.3, -0.25) is 9.69 Å². The highest BCUT2D eigenvalue weighted by Gasteiger charge is 2.27. The second-order valence-electron chi connectivity index (χ2n) is 5.30. The summed E-state index contributed by atoms with van der Waals surface area (Å²) in [6, 6.07) is 1.79. The lowest BCUT2D eigenvalue weighted by Crippen LogP contribution is -2.52. The number of aliphatic hydroxyl groups excluding tert-OH is 1. The van der Waals surface area contributed by atoms with Crippen LogP contribution in [0.2, 0.25) is 10.2 Å². The number of hydrogen-bond acceptors (Lipinski definition) is 3. The van der Waals surface area contributed by atoms with E-state index in [0.717, 1.165) is 19.5 Å². The van der Waals surface area contributed by atoms with E-state index in [4.69, 9.17) is 23.2 Å². The smallest absolute Gasteiger partial charge is 0.270 e. The van der Waals surface area contributed by atoms with Crippen LogP contribution in [0.15, 0.2) is 6.07 Å². The van der Waals surface area contributed by atoms with Crippen LogP contribution in [0.5, 0.6) is 0 Å². The Morgan fingerprint density at radius 1 is 1.33 bits per heavy atom. The number of rotatable bonds is 4. The number of nitrogens with zero attached hydrogens (tertiary/aromatic N) is 3. The second-order valence-corrected chi connectivity index (χ2v) is 6.07. The van der Waals surface area contributed by atoms with E-state index in [1.54, 1.807) is 17.7 Å². The molecule has 1 atom stereocenters. The number of halogens is 2. The van der Waals surface area contributed by atoms with Crippen LogP contribution in [0.25, 0.3) is 0 Å². The van der Waals surface area contributed by atoms with Crippen molar-refractivity contribution >= 4 is 29.1 Å². The highest BCUT2D eigenvalue weighted by molar-refractivity contribution is 6.41. The second kappa shape index (κ2) is 7.01. The molecule has 0 aromatic carbocycles. The summed E-state index contributed by atoms with van der Waals surface area (Å²) in [5.74, 6) is -0.0528. The summed E-state index contributed by atoms with van der Waals surface area (Å²) in [6.45, 7) is 5.07. The molecule has 1 aliphatic rings. The molecule has 1 unspecified atom stereocenters. The molecular weight excluding hydrogens is 313 g/mol. The average molecular weight is 334 g/mol. The molecular formula is C14H21Cl2N3O2. The minimum atomic E-state index is -0.0528. The quantitative estimate of drug-likeness (QED) is 0.914. The van der Waals surface area contributed by atoms with Gasteiger partial charge in [0.1, 0.15) is 10.8 Å². The third kappa shape index (κ3) is 3.37. The summed E-state index contributed by atoms with van der Waals surface area (Å²) < 4.78 is 1.61. The molecule has 1 aromatic rings. The van der Waals surface area contributed by atoms with E-state index >= 15 is 0 Å². The van der Waals surface area contributed by atoms with Crippen LogP contribution in [0, 0.1) is 0 Å². The number of aromatic nitrogens is 1. The van der Waals surface area contributed by atoms with Crippen LogP contribution in [0.1, 0.15) is 23.8 Å². The van der Waals surface area contributed by atoms with Gasteiger partial charge in [0.05, 0.1) is 11.6 Å². The van der Waals surface area contributed by atoms with Crippen molar-refractivity contribution in [3.63, 3.8) is 0 Å². The lowest BCUT2D eigenvalue weighted by Gasteiger charge is -2.38. The van der Waals surface area contributed by atoms with Crippen LogP contribution >= 0.6 is 23.2 Å². The fraction of sp³-hybridized carbons (Fsp3) is 0.643. The lowest BCUT2D eigenvalue weighted by molar-refractivity contribution is 0.0465. The molecule has 0 saturated carbocycles. The molecule has 0 radical (unpaired) electrons. The molecule has 21 heavy (non-hydrogen) atoms. The lowest BCUT2D eigenvalue weighted by atomic mass is 10.1. The van der Waals surface area contributed by atoms with Gasteiger partial charge in [-0.1, -0.05) is 30.1 Å². The number of piperazine rings is 1. The highest BCUT2D eigenvalue weighted by Crippen LogP contribution is 2.26. The van der Waals surface area contributed by atoms with Crippen molar-refractivity contribution in [3.8, 4) is 0 Å². The minimum absolute atomic E-state index is 0.0528. The maximum Gasteiger partial charge on any atom is 0.270 e. The first-order chi connectivity index (χ1) is 9.99. The van der Waals surface area contributed by atoms with E-state index in [1.165, 1.54) is 0 Å². The summed E-state index contributed by atoms with van der Waals surface area (Å²) in [6.07, 6.45) is 0.910. The third-order valence-electron chi connectivity index (χ3n) is 4.14. The van der Waals surface area contributed by atoms with E-state index in [0.29, 0.717) is 29.0 Å². The zero-order chi connectivity index (χ0) is 15.6. The molecule has 1 saturated heterocycles. The van der Waals surface area contributed by atoms with Crippen molar-refractivity contribution in [2.45, 2.75) is 19.4 Å². The number of aliphatic hydroxyl groups is 1. The van der Waals surface area contributed by atoms with Crippen molar-refractivity contribution in [3.05, 3.63) is 21.9 Å². The van der Waals surface area contributed by atoms with Crippen LogP contribution in [-0.2, 0) is 7.05 Å². The molecule has 1 aromatic heterocycles. The van der Waals surface area contributed by atoms with Crippen LogP contribution in [0.3, 0.4) is 0 Å². The van der Waals surface area contributed by atoms with Crippen LogP contribution in [0.4, 0.5) is 0 Å². The summed E-state index contributed by atoms with van der Waals surface area (Å²) in [4.78, 5) is 16.6. The highest BCUT2D eigenvalue weighted by atomic mass is 35.5. The molecule has 1 aliphatic heterocycles. The maximum absolute atomic E-state index is 12.5. The van der Waals surface area contributed by atoms with E-state index in [9.17, 15) is 9.90 Å². The Bertz CT molecular complexity index is 507. The molecule has 118 valence electrons. The molecule has 7 heteroatoms. The molecule has 2 rings (SSSR count). The van der Waals surface area contributed by atoms with Gasteiger partial charge < -0.3 is 14.6 Å². The zero-order valence-electron chi connectivity index (χ0n) is 12.4. The fourth-order valence-corrected chi connectivity index (χ4v) is 3.08. The van der Waals surface area contributed by atoms with Crippen LogP contribution in [-0.4, -0.2) is 64.2 Å². The van der Waals surface area contributed by atoms with Gasteiger partial charge in [-0.05, 0) is 12.5 Å². The molecule has 1 fully saturated rings. The van der Waals surface area contributed by atoms with Gasteiger partial charge >= 0.3 is 0 Å². The van der Waals surface area contributed by atoms with Crippen molar-refractivity contribution in [1.29, 1.82) is 0 Å². The predicted molar refractivity (Wildman–Crippen MR) is 84.1 cm³/mol. The Balaban J connectivity index is 2.02. The van der Waals surface area contributed by atoms with E-state index in [1.807, 2.05) is 4.90 Å². The molecule has 0 bridgehead atoms. The van der Waals surface area contributed by atoms with Gasteiger partial charge in [-0.2, -0.15) is 0 Å². The maximum atomic E-state index is 12.5. The number of hydrogen-bond donors (Lipinski definition) is 1. The number of carbonyl (C=O) groups is 1. The first kappa shape index (κ1) is 16.6. The van der Waals surface area contributed by atoms with Crippen molar-refractivity contribution in [2.24, 2.45) is 7.05 Å². The van der Waals surface area contributed by atoms with Gasteiger partial charge in [0.25, 0.3) is 5.91 Å². The molecule has 1 N–H and O–H groups in total. The Hall–Kier alpha value is -0.750. The predicted octanol–water partition coefficient (Wildman–Crippen LogP) is 1.86. The number of amides is 1. The van der Waals surface area contributed by atoms with Crippen molar-refractivity contribution in [2.75, 3.05) is 32.8 Å². The molecule has 0 spiro atoms. The molecule has 2 heterocycles. The summed E-state index contributed by atoms with van der Waals surface area (Å²) in [5, 5.41) is 10.1. The normalized spacial score (nSPS) is 18.0.